The van der Waals surface area contributed by atoms with Crippen molar-refractivity contribution in [3.8, 4) is 0 Å². The number of hydrogen-bond donors (Lipinski definition) is 0. The van der Waals surface area contributed by atoms with Crippen LogP contribution in [0, 0.1) is 0 Å². The number of likely N-dealkylation sites (N-methyl/N-ethyl adjacent to an activating group) is 1. The van der Waals surface area contributed by atoms with Gasteiger partial charge in [-0.05, 0) is 36.6 Å². The standard InChI is InChI=1S/C20H23Cl2NO2/c1-3-17(25-14-15-7-6-8-16(21)12-11-15)13-23(2)20(24)18-9-4-5-10-19(18)22/h4-5,7-12,17H,3,6,13-14H2,1-2H3. The van der Waals surface area contributed by atoms with E-state index in [0.29, 0.717) is 23.7 Å². The molecule has 1 aromatic rings. The lowest BCUT2D eigenvalue weighted by atomic mass is 10.2. The Balaban J connectivity index is 1.91. The fraction of sp³-hybridized carbons (Fsp3) is 0.350. The zero-order valence-electron chi connectivity index (χ0n) is 14.5. The second-order valence-electron chi connectivity index (χ2n) is 5.94. The van der Waals surface area contributed by atoms with Crippen LogP contribution in [0.15, 0.2) is 59.2 Å². The molecule has 0 N–H and O–H groups in total. The Morgan fingerprint density at radius 2 is 2.00 bits per heavy atom. The first-order valence-corrected chi connectivity index (χ1v) is 9.11. The minimum atomic E-state index is -0.0998. The van der Waals surface area contributed by atoms with Gasteiger partial charge >= 0.3 is 0 Å². The Hall–Kier alpha value is -1.55. The number of ether oxygens (including phenoxy) is 1. The van der Waals surface area contributed by atoms with Gasteiger partial charge in [0.2, 0.25) is 0 Å². The van der Waals surface area contributed by atoms with Crippen molar-refractivity contribution in [2.45, 2.75) is 25.9 Å². The molecule has 1 unspecified atom stereocenters. The average Bonchev–Trinajstić information content (AvgIpc) is 2.82. The van der Waals surface area contributed by atoms with Crippen LogP contribution in [0.4, 0.5) is 0 Å². The number of halogens is 2. The Bertz CT molecular complexity index is 695. The van der Waals surface area contributed by atoms with Gasteiger partial charge < -0.3 is 9.64 Å². The maximum atomic E-state index is 12.5. The maximum absolute atomic E-state index is 12.5. The van der Waals surface area contributed by atoms with Crippen molar-refractivity contribution in [2.24, 2.45) is 0 Å². The quantitative estimate of drug-likeness (QED) is 0.649. The molecular formula is C20H23Cl2NO2. The van der Waals surface area contributed by atoms with Crippen LogP contribution >= 0.6 is 23.2 Å². The van der Waals surface area contributed by atoms with Gasteiger partial charge in [-0.2, -0.15) is 0 Å². The highest BCUT2D eigenvalue weighted by molar-refractivity contribution is 6.33. The summed E-state index contributed by atoms with van der Waals surface area (Å²) in [5, 5.41) is 1.20. The summed E-state index contributed by atoms with van der Waals surface area (Å²) in [6.07, 6.45) is 9.46. The molecule has 1 aromatic carbocycles. The molecule has 1 atom stereocenters. The van der Waals surface area contributed by atoms with Gasteiger partial charge in [0.25, 0.3) is 5.91 Å². The summed E-state index contributed by atoms with van der Waals surface area (Å²) in [4.78, 5) is 14.2. The van der Waals surface area contributed by atoms with Gasteiger partial charge in [0, 0.05) is 18.6 Å². The van der Waals surface area contributed by atoms with Crippen LogP contribution in [-0.4, -0.2) is 37.1 Å². The van der Waals surface area contributed by atoms with E-state index in [4.69, 9.17) is 27.9 Å². The van der Waals surface area contributed by atoms with Crippen molar-refractivity contribution >= 4 is 29.1 Å². The molecule has 0 saturated carbocycles. The third-order valence-corrected chi connectivity index (χ3v) is 4.63. The van der Waals surface area contributed by atoms with E-state index in [0.717, 1.165) is 23.4 Å². The SMILES string of the molecule is CCC(CN(C)C(=O)c1ccccc1Cl)OCC1=CCC=C(Cl)C=C1. The van der Waals surface area contributed by atoms with Crippen molar-refractivity contribution in [1.82, 2.24) is 4.90 Å². The van der Waals surface area contributed by atoms with Gasteiger partial charge in [0.1, 0.15) is 0 Å². The van der Waals surface area contributed by atoms with Crippen LogP contribution in [0.5, 0.6) is 0 Å². The fourth-order valence-corrected chi connectivity index (χ4v) is 2.86. The summed E-state index contributed by atoms with van der Waals surface area (Å²) in [6, 6.07) is 7.08. The lowest BCUT2D eigenvalue weighted by Gasteiger charge is -2.24. The summed E-state index contributed by atoms with van der Waals surface area (Å²) < 4.78 is 6.00. The summed E-state index contributed by atoms with van der Waals surface area (Å²) >= 11 is 12.1. The summed E-state index contributed by atoms with van der Waals surface area (Å²) in [5.74, 6) is -0.0998. The minimum absolute atomic E-state index is 0.0441. The molecule has 0 fully saturated rings. The number of allylic oxidation sites excluding steroid dienone is 4. The Morgan fingerprint density at radius 3 is 2.72 bits per heavy atom. The highest BCUT2D eigenvalue weighted by Crippen LogP contribution is 2.18. The third kappa shape index (κ3) is 6.03. The van der Waals surface area contributed by atoms with E-state index in [1.54, 1.807) is 24.1 Å². The molecule has 0 heterocycles. The number of hydrogen-bond acceptors (Lipinski definition) is 2. The molecule has 134 valence electrons. The molecule has 0 bridgehead atoms. The van der Waals surface area contributed by atoms with Gasteiger partial charge in [-0.25, -0.2) is 0 Å². The molecular weight excluding hydrogens is 357 g/mol. The number of carbonyl (C=O) groups excluding carboxylic acids is 1. The lowest BCUT2D eigenvalue weighted by Crippen LogP contribution is -2.35. The molecule has 0 radical (unpaired) electrons. The highest BCUT2D eigenvalue weighted by Gasteiger charge is 2.18. The summed E-state index contributed by atoms with van der Waals surface area (Å²) in [6.45, 7) is 3.06. The molecule has 0 saturated heterocycles. The van der Waals surface area contributed by atoms with E-state index >= 15 is 0 Å². The Kier molecular flexibility index (Phi) is 7.76. The van der Waals surface area contributed by atoms with E-state index in [1.165, 1.54) is 0 Å². The van der Waals surface area contributed by atoms with Gasteiger partial charge in [-0.3, -0.25) is 4.79 Å². The molecule has 3 nitrogen and oxygen atoms in total. The average molecular weight is 380 g/mol. The maximum Gasteiger partial charge on any atom is 0.255 e. The fourth-order valence-electron chi connectivity index (χ4n) is 2.50. The predicted molar refractivity (Wildman–Crippen MR) is 104 cm³/mol. The van der Waals surface area contributed by atoms with Gasteiger partial charge in [-0.1, -0.05) is 60.5 Å². The topological polar surface area (TPSA) is 29.5 Å². The van der Waals surface area contributed by atoms with Crippen molar-refractivity contribution in [2.75, 3.05) is 20.2 Å². The molecule has 1 aliphatic rings. The van der Waals surface area contributed by atoms with E-state index in [-0.39, 0.29) is 12.0 Å². The first-order chi connectivity index (χ1) is 12.0. The van der Waals surface area contributed by atoms with Crippen LogP contribution in [0.2, 0.25) is 5.02 Å². The van der Waals surface area contributed by atoms with E-state index in [9.17, 15) is 4.79 Å². The molecule has 0 aromatic heterocycles. The summed E-state index contributed by atoms with van der Waals surface area (Å²) in [5.41, 5.74) is 1.60. The van der Waals surface area contributed by atoms with Crippen LogP contribution in [-0.2, 0) is 4.74 Å². The number of amides is 1. The lowest BCUT2D eigenvalue weighted by molar-refractivity contribution is 0.0378. The second kappa shape index (κ2) is 9.81. The Morgan fingerprint density at radius 1 is 1.24 bits per heavy atom. The van der Waals surface area contributed by atoms with Gasteiger partial charge in [0.05, 0.1) is 23.3 Å². The second-order valence-corrected chi connectivity index (χ2v) is 6.79. The van der Waals surface area contributed by atoms with Crippen molar-refractivity contribution in [3.05, 3.63) is 69.8 Å². The van der Waals surface area contributed by atoms with Crippen molar-refractivity contribution < 1.29 is 9.53 Å². The van der Waals surface area contributed by atoms with Gasteiger partial charge in [0.15, 0.2) is 0 Å². The normalized spacial score (nSPS) is 15.2. The van der Waals surface area contributed by atoms with Crippen molar-refractivity contribution in [1.29, 1.82) is 0 Å². The summed E-state index contributed by atoms with van der Waals surface area (Å²) in [7, 11) is 1.77. The van der Waals surface area contributed by atoms with Gasteiger partial charge in [-0.15, -0.1) is 0 Å². The van der Waals surface area contributed by atoms with Crippen LogP contribution < -0.4 is 0 Å². The van der Waals surface area contributed by atoms with E-state index in [2.05, 4.69) is 6.08 Å². The zero-order chi connectivity index (χ0) is 18.2. The molecule has 0 aliphatic heterocycles. The van der Waals surface area contributed by atoms with Crippen molar-refractivity contribution in [3.63, 3.8) is 0 Å². The van der Waals surface area contributed by atoms with E-state index in [1.807, 2.05) is 37.3 Å². The monoisotopic (exact) mass is 379 g/mol. The smallest absolute Gasteiger partial charge is 0.255 e. The Labute approximate surface area is 159 Å². The van der Waals surface area contributed by atoms with Crippen LogP contribution in [0.25, 0.3) is 0 Å². The number of carbonyl (C=O) groups is 1. The molecule has 1 amide bonds. The minimum Gasteiger partial charge on any atom is -0.372 e. The molecule has 1 aliphatic carbocycles. The van der Waals surface area contributed by atoms with E-state index < -0.39 is 0 Å². The third-order valence-electron chi connectivity index (χ3n) is 4.02. The molecule has 5 heteroatoms. The number of benzene rings is 1. The molecule has 25 heavy (non-hydrogen) atoms. The highest BCUT2D eigenvalue weighted by atomic mass is 35.5. The number of nitrogens with zero attached hydrogens (tertiary/aromatic N) is 1. The predicted octanol–water partition coefficient (Wildman–Crippen LogP) is 5.22. The largest absolute Gasteiger partial charge is 0.372 e. The van der Waals surface area contributed by atoms with Crippen LogP contribution in [0.3, 0.4) is 0 Å². The van der Waals surface area contributed by atoms with Crippen LogP contribution in [0.1, 0.15) is 30.1 Å². The first kappa shape index (κ1) is 19.8. The number of rotatable bonds is 7. The zero-order valence-corrected chi connectivity index (χ0v) is 16.1. The first-order valence-electron chi connectivity index (χ1n) is 8.35. The molecule has 0 spiro atoms. The molecule has 2 rings (SSSR count).